The second kappa shape index (κ2) is 8.08. The van der Waals surface area contributed by atoms with Gasteiger partial charge in [-0.05, 0) is 38.1 Å². The quantitative estimate of drug-likeness (QED) is 0.461. The molecule has 33 heavy (non-hydrogen) atoms. The fourth-order valence-corrected chi connectivity index (χ4v) is 2.94. The molecule has 0 atom stereocenters. The molecule has 172 valence electrons. The first kappa shape index (κ1) is 22.1. The van der Waals surface area contributed by atoms with Crippen molar-refractivity contribution in [3.05, 3.63) is 42.4 Å². The molecule has 1 aliphatic rings. The van der Waals surface area contributed by atoms with Crippen LogP contribution in [0.4, 0.5) is 33.7 Å². The number of anilines is 5. The lowest BCUT2D eigenvalue weighted by Crippen LogP contribution is -2.46. The lowest BCUT2D eigenvalue weighted by molar-refractivity contribution is -0.129. The molecule has 0 unspecified atom stereocenters. The molecule has 3 aromatic rings. The van der Waals surface area contributed by atoms with E-state index in [-0.39, 0.29) is 17.2 Å². The van der Waals surface area contributed by atoms with E-state index >= 15 is 0 Å². The smallest absolute Gasteiger partial charge is 0.326 e. The van der Waals surface area contributed by atoms with Gasteiger partial charge in [-0.2, -0.15) is 0 Å². The summed E-state index contributed by atoms with van der Waals surface area (Å²) in [5, 5.41) is 15.2. The Balaban J connectivity index is 1.40. The zero-order valence-electron chi connectivity index (χ0n) is 18.9. The monoisotopic (exact) mass is 451 g/mol. The normalized spacial score (nSPS) is 14.5. The lowest BCUT2D eigenvalue weighted by Gasteiger charge is -2.31. The Morgan fingerprint density at radius 2 is 1.76 bits per heavy atom. The van der Waals surface area contributed by atoms with Gasteiger partial charge in [0.1, 0.15) is 6.33 Å². The number of nitrogens with one attached hydrogen (secondary N) is 4. The minimum absolute atomic E-state index is 0.182. The molecule has 4 rings (SSSR count). The molecule has 3 amide bonds. The minimum atomic E-state index is -1.05. The van der Waals surface area contributed by atoms with E-state index in [0.29, 0.717) is 28.8 Å². The van der Waals surface area contributed by atoms with E-state index < -0.39 is 11.6 Å². The van der Waals surface area contributed by atoms with Gasteiger partial charge in [0.05, 0.1) is 5.69 Å². The number of amides is 3. The van der Waals surface area contributed by atoms with Crippen LogP contribution >= 0.6 is 0 Å². The summed E-state index contributed by atoms with van der Waals surface area (Å²) in [6.45, 7) is 9.34. The van der Waals surface area contributed by atoms with E-state index in [1.807, 2.05) is 20.8 Å². The van der Waals surface area contributed by atoms with Crippen LogP contribution in [0.3, 0.4) is 0 Å². The number of carbonyl (C=O) groups excluding carboxylic acids is 2. The second-order valence-corrected chi connectivity index (χ2v) is 9.07. The van der Waals surface area contributed by atoms with Gasteiger partial charge in [-0.25, -0.2) is 14.8 Å². The van der Waals surface area contributed by atoms with Gasteiger partial charge in [0.25, 0.3) is 5.91 Å². The van der Waals surface area contributed by atoms with E-state index in [1.54, 1.807) is 44.2 Å². The Bertz CT molecular complexity index is 1200. The van der Waals surface area contributed by atoms with Crippen LogP contribution in [0.25, 0.3) is 0 Å². The van der Waals surface area contributed by atoms with Crippen molar-refractivity contribution >= 4 is 40.8 Å². The number of hydrogen-bond acceptors (Lipinski definition) is 8. The van der Waals surface area contributed by atoms with Crippen LogP contribution in [0.2, 0.25) is 0 Å². The molecule has 0 saturated carbocycles. The molecule has 3 heterocycles. The molecule has 4 N–H and O–H groups in total. The number of hydrogen-bond donors (Lipinski definition) is 4. The minimum Gasteiger partial charge on any atom is -0.470 e. The number of rotatable bonds is 4. The number of fused-ring (bicyclic) bond motifs is 1. The van der Waals surface area contributed by atoms with Gasteiger partial charge in [-0.1, -0.05) is 25.9 Å². The third-order valence-corrected chi connectivity index (χ3v) is 4.86. The first-order valence-corrected chi connectivity index (χ1v) is 10.3. The summed E-state index contributed by atoms with van der Waals surface area (Å²) < 4.78 is 11.0. The molecule has 0 spiro atoms. The summed E-state index contributed by atoms with van der Waals surface area (Å²) in [7, 11) is 0. The van der Waals surface area contributed by atoms with Crippen molar-refractivity contribution < 1.29 is 18.8 Å². The first-order chi connectivity index (χ1) is 15.5. The molecule has 1 aromatic carbocycles. The third-order valence-electron chi connectivity index (χ3n) is 4.86. The van der Waals surface area contributed by atoms with Crippen LogP contribution in [0.5, 0.6) is 5.75 Å². The van der Waals surface area contributed by atoms with Crippen LogP contribution < -0.4 is 26.0 Å². The predicted octanol–water partition coefficient (Wildman–Crippen LogP) is 4.26. The Morgan fingerprint density at radius 1 is 1.06 bits per heavy atom. The van der Waals surface area contributed by atoms with Crippen LogP contribution in [-0.4, -0.2) is 32.7 Å². The molecule has 0 fully saturated rings. The van der Waals surface area contributed by atoms with Crippen LogP contribution in [0.15, 0.2) is 41.2 Å². The summed E-state index contributed by atoms with van der Waals surface area (Å²) in [6.07, 6.45) is 1.33. The van der Waals surface area contributed by atoms with E-state index in [1.165, 1.54) is 6.33 Å². The zero-order chi connectivity index (χ0) is 23.8. The average molecular weight is 451 g/mol. The number of nitrogens with zero attached hydrogens (tertiary/aromatic N) is 3. The number of ether oxygens (including phenoxy) is 1. The summed E-state index contributed by atoms with van der Waals surface area (Å²) in [5.41, 5.74) is 0.782. The Labute approximate surface area is 190 Å². The maximum absolute atomic E-state index is 12.3. The number of carbonyl (C=O) groups is 2. The third kappa shape index (κ3) is 4.86. The summed E-state index contributed by atoms with van der Waals surface area (Å²) in [6, 6.07) is 8.22. The van der Waals surface area contributed by atoms with Crippen molar-refractivity contribution in [2.45, 2.75) is 45.6 Å². The maximum Gasteiger partial charge on any atom is 0.326 e. The van der Waals surface area contributed by atoms with Gasteiger partial charge in [0, 0.05) is 22.9 Å². The van der Waals surface area contributed by atoms with Crippen molar-refractivity contribution in [2.24, 2.45) is 0 Å². The molecule has 0 radical (unpaired) electrons. The summed E-state index contributed by atoms with van der Waals surface area (Å²) in [5.74, 6) is 1.04. The maximum atomic E-state index is 12.3. The zero-order valence-corrected chi connectivity index (χ0v) is 18.9. The highest BCUT2D eigenvalue weighted by Gasteiger charge is 2.37. The number of aromatic nitrogens is 3. The van der Waals surface area contributed by atoms with Gasteiger partial charge in [0.15, 0.2) is 17.2 Å². The first-order valence-electron chi connectivity index (χ1n) is 10.3. The van der Waals surface area contributed by atoms with E-state index in [0.717, 1.165) is 5.69 Å². The Kier molecular flexibility index (Phi) is 5.40. The second-order valence-electron chi connectivity index (χ2n) is 9.07. The molecule has 0 aliphatic carbocycles. The largest absolute Gasteiger partial charge is 0.470 e. The molecule has 2 aromatic heterocycles. The molecule has 1 aliphatic heterocycles. The Morgan fingerprint density at radius 3 is 2.42 bits per heavy atom. The molecule has 0 bridgehead atoms. The van der Waals surface area contributed by atoms with E-state index in [4.69, 9.17) is 9.26 Å². The molecule has 0 saturated heterocycles. The van der Waals surface area contributed by atoms with E-state index in [2.05, 4.69) is 36.4 Å². The number of urea groups is 1. The highest BCUT2D eigenvalue weighted by molar-refractivity contribution is 6.00. The topological polar surface area (TPSA) is 143 Å². The van der Waals surface area contributed by atoms with Crippen molar-refractivity contribution in [2.75, 3.05) is 21.3 Å². The Hall–Kier alpha value is -4.15. The van der Waals surface area contributed by atoms with Gasteiger partial charge in [0.2, 0.25) is 11.6 Å². The highest BCUT2D eigenvalue weighted by atomic mass is 16.5. The van der Waals surface area contributed by atoms with Gasteiger partial charge >= 0.3 is 6.03 Å². The van der Waals surface area contributed by atoms with Crippen LogP contribution in [0, 0.1) is 0 Å². The number of benzene rings is 1. The lowest BCUT2D eigenvalue weighted by atomic mass is 9.92. The van der Waals surface area contributed by atoms with E-state index in [9.17, 15) is 9.59 Å². The van der Waals surface area contributed by atoms with Crippen LogP contribution in [-0.2, 0) is 10.2 Å². The van der Waals surface area contributed by atoms with Gasteiger partial charge in [-0.3, -0.25) is 10.1 Å². The fraction of sp³-hybridized carbons (Fsp3) is 0.318. The summed E-state index contributed by atoms with van der Waals surface area (Å²) in [4.78, 5) is 32.6. The average Bonchev–Trinajstić information content (AvgIpc) is 3.20. The van der Waals surface area contributed by atoms with Crippen LogP contribution in [0.1, 0.15) is 40.3 Å². The van der Waals surface area contributed by atoms with Crippen molar-refractivity contribution in [1.82, 2.24) is 15.1 Å². The molecular formula is C22H25N7O4. The molecular weight excluding hydrogens is 426 g/mol. The van der Waals surface area contributed by atoms with Crippen molar-refractivity contribution in [3.8, 4) is 5.75 Å². The molecule has 11 nitrogen and oxygen atoms in total. The van der Waals surface area contributed by atoms with Crippen molar-refractivity contribution in [1.29, 1.82) is 0 Å². The standard InChI is InChI=1S/C22H25N7O4/c1-21(2,3)14-10-15(33-29-14)27-20(31)26-13-8-6-12(7-9-13)25-17-16-18(24-11-23-17)28-19(30)22(4,5)32-16/h6-11H,1-5H3,(H2,26,27,31)(H2,23,24,25,28,30). The van der Waals surface area contributed by atoms with Crippen molar-refractivity contribution in [3.63, 3.8) is 0 Å². The highest BCUT2D eigenvalue weighted by Crippen LogP contribution is 2.38. The molecule has 11 heteroatoms. The predicted molar refractivity (Wildman–Crippen MR) is 123 cm³/mol. The fourth-order valence-electron chi connectivity index (χ4n) is 2.94. The van der Waals surface area contributed by atoms with Gasteiger partial charge in [-0.15, -0.1) is 0 Å². The summed E-state index contributed by atoms with van der Waals surface area (Å²) >= 11 is 0. The van der Waals surface area contributed by atoms with Gasteiger partial charge < -0.3 is 25.2 Å². The SMILES string of the molecule is CC1(C)Oc2c(ncnc2Nc2ccc(NC(=O)Nc3cc(C(C)(C)C)no3)cc2)NC1=O.